The molecule has 6 heteroatoms. The molecular weight excluding hydrogens is 222 g/mol. The summed E-state index contributed by atoms with van der Waals surface area (Å²) in [6.07, 6.45) is 0.241. The normalized spacial score (nSPS) is 19.8. The highest BCUT2D eigenvalue weighted by atomic mass is 16.6. The Kier molecular flexibility index (Phi) is 2.81. The van der Waals surface area contributed by atoms with Gasteiger partial charge >= 0.3 is 0 Å². The number of carbonyl (C=O) groups is 1. The van der Waals surface area contributed by atoms with Crippen LogP contribution in [0.1, 0.15) is 12.0 Å². The lowest BCUT2D eigenvalue weighted by molar-refractivity contribution is -0.384. The van der Waals surface area contributed by atoms with Gasteiger partial charge in [0.2, 0.25) is 5.91 Å². The van der Waals surface area contributed by atoms with Gasteiger partial charge in [0.05, 0.1) is 4.92 Å². The van der Waals surface area contributed by atoms with Crippen LogP contribution < -0.4 is 10.6 Å². The van der Waals surface area contributed by atoms with E-state index >= 15 is 0 Å². The summed E-state index contributed by atoms with van der Waals surface area (Å²) in [4.78, 5) is 23.7. The Bertz CT molecular complexity index is 487. The zero-order valence-electron chi connectivity index (χ0n) is 9.42. The number of rotatable bonds is 2. The Morgan fingerprint density at radius 2 is 2.24 bits per heavy atom. The van der Waals surface area contributed by atoms with Crippen LogP contribution in [-0.2, 0) is 4.79 Å². The summed E-state index contributed by atoms with van der Waals surface area (Å²) in [6, 6.07) is 4.69. The molecule has 1 saturated heterocycles. The molecule has 1 aromatic rings. The standard InChI is InChI=1S/C11H13N3O3/c1-7-3-2-4-9(11(7)14(16)17)13-6-8(12)5-10(13)15/h2-4,8H,5-6,12H2,1H3. The molecule has 90 valence electrons. The van der Waals surface area contributed by atoms with Gasteiger partial charge in [0, 0.05) is 24.6 Å². The molecule has 17 heavy (non-hydrogen) atoms. The first kappa shape index (κ1) is 11.5. The average molecular weight is 235 g/mol. The molecule has 1 atom stereocenters. The van der Waals surface area contributed by atoms with Gasteiger partial charge in [-0.2, -0.15) is 0 Å². The second kappa shape index (κ2) is 4.14. The highest BCUT2D eigenvalue weighted by Crippen LogP contribution is 2.33. The van der Waals surface area contributed by atoms with Crippen molar-refractivity contribution in [3.63, 3.8) is 0 Å². The number of nitrogens with zero attached hydrogens (tertiary/aromatic N) is 2. The minimum Gasteiger partial charge on any atom is -0.326 e. The van der Waals surface area contributed by atoms with Crippen molar-refractivity contribution in [3.8, 4) is 0 Å². The van der Waals surface area contributed by atoms with Crippen molar-refractivity contribution in [2.45, 2.75) is 19.4 Å². The van der Waals surface area contributed by atoms with E-state index in [0.29, 0.717) is 17.8 Å². The van der Waals surface area contributed by atoms with Gasteiger partial charge in [-0.1, -0.05) is 12.1 Å². The Labute approximate surface area is 98.2 Å². The van der Waals surface area contributed by atoms with Gasteiger partial charge in [0.1, 0.15) is 5.69 Å². The summed E-state index contributed by atoms with van der Waals surface area (Å²) in [7, 11) is 0. The molecule has 2 N–H and O–H groups in total. The number of anilines is 1. The van der Waals surface area contributed by atoms with Gasteiger partial charge in [0.25, 0.3) is 5.69 Å². The lowest BCUT2D eigenvalue weighted by atomic mass is 10.1. The Balaban J connectivity index is 2.49. The van der Waals surface area contributed by atoms with Crippen LogP contribution in [0.3, 0.4) is 0 Å². The summed E-state index contributed by atoms with van der Waals surface area (Å²) in [5.74, 6) is -0.161. The molecule has 1 aromatic carbocycles. The lowest BCUT2D eigenvalue weighted by Gasteiger charge is -2.16. The van der Waals surface area contributed by atoms with E-state index < -0.39 is 4.92 Å². The van der Waals surface area contributed by atoms with E-state index in [0.717, 1.165) is 0 Å². The summed E-state index contributed by atoms with van der Waals surface area (Å²) in [6.45, 7) is 1.99. The van der Waals surface area contributed by atoms with Gasteiger partial charge < -0.3 is 10.6 Å². The third-order valence-electron chi connectivity index (χ3n) is 2.84. The number of carbonyl (C=O) groups excluding carboxylic acids is 1. The molecule has 2 rings (SSSR count). The molecule has 0 aromatic heterocycles. The number of amides is 1. The third kappa shape index (κ3) is 1.99. The average Bonchev–Trinajstić information content (AvgIpc) is 2.56. The predicted octanol–water partition coefficient (Wildman–Crippen LogP) is 0.967. The van der Waals surface area contributed by atoms with Crippen LogP contribution in [0.15, 0.2) is 18.2 Å². The lowest BCUT2D eigenvalue weighted by Crippen LogP contribution is -2.28. The molecule has 1 amide bonds. The summed E-state index contributed by atoms with van der Waals surface area (Å²) in [5.41, 5.74) is 6.55. The Morgan fingerprint density at radius 1 is 1.53 bits per heavy atom. The van der Waals surface area contributed by atoms with Gasteiger partial charge in [-0.3, -0.25) is 14.9 Å². The van der Waals surface area contributed by atoms with Crippen molar-refractivity contribution in [1.82, 2.24) is 0 Å². The van der Waals surface area contributed by atoms with Crippen molar-refractivity contribution < 1.29 is 9.72 Å². The van der Waals surface area contributed by atoms with Crippen LogP contribution in [0.25, 0.3) is 0 Å². The minimum absolute atomic E-state index is 0.0186. The van der Waals surface area contributed by atoms with Crippen LogP contribution in [0.2, 0.25) is 0 Å². The summed E-state index contributed by atoms with van der Waals surface area (Å²) >= 11 is 0. The zero-order chi connectivity index (χ0) is 12.6. The monoisotopic (exact) mass is 235 g/mol. The fourth-order valence-corrected chi connectivity index (χ4v) is 2.07. The van der Waals surface area contributed by atoms with E-state index in [2.05, 4.69) is 0 Å². The third-order valence-corrected chi connectivity index (χ3v) is 2.84. The van der Waals surface area contributed by atoms with Crippen LogP contribution in [-0.4, -0.2) is 23.4 Å². The number of hydrogen-bond acceptors (Lipinski definition) is 4. The number of para-hydroxylation sites is 1. The van der Waals surface area contributed by atoms with Crippen LogP contribution in [0, 0.1) is 17.0 Å². The summed E-state index contributed by atoms with van der Waals surface area (Å²) in [5, 5.41) is 11.0. The van der Waals surface area contributed by atoms with Gasteiger partial charge in [-0.25, -0.2) is 0 Å². The van der Waals surface area contributed by atoms with E-state index in [4.69, 9.17) is 5.73 Å². The van der Waals surface area contributed by atoms with Gasteiger partial charge in [-0.05, 0) is 13.0 Å². The number of nitro groups is 1. The van der Waals surface area contributed by atoms with E-state index in [1.165, 1.54) is 4.90 Å². The second-order valence-corrected chi connectivity index (χ2v) is 4.17. The van der Waals surface area contributed by atoms with Gasteiger partial charge in [-0.15, -0.1) is 0 Å². The molecule has 0 bridgehead atoms. The number of benzene rings is 1. The molecule has 0 radical (unpaired) electrons. The van der Waals surface area contributed by atoms with Crippen molar-refractivity contribution in [3.05, 3.63) is 33.9 Å². The number of nitrogens with two attached hydrogens (primary N) is 1. The molecule has 1 fully saturated rings. The highest BCUT2D eigenvalue weighted by Gasteiger charge is 2.32. The smallest absolute Gasteiger partial charge is 0.295 e. The number of nitro benzene ring substituents is 1. The van der Waals surface area contributed by atoms with Crippen molar-refractivity contribution >= 4 is 17.3 Å². The Morgan fingerprint density at radius 3 is 2.76 bits per heavy atom. The quantitative estimate of drug-likeness (QED) is 0.610. The fourth-order valence-electron chi connectivity index (χ4n) is 2.07. The Hall–Kier alpha value is -1.95. The maximum atomic E-state index is 11.7. The highest BCUT2D eigenvalue weighted by molar-refractivity contribution is 5.98. The van der Waals surface area contributed by atoms with Crippen molar-refractivity contribution in [1.29, 1.82) is 0 Å². The fraction of sp³-hybridized carbons (Fsp3) is 0.364. The molecule has 1 aliphatic rings. The largest absolute Gasteiger partial charge is 0.326 e. The number of aryl methyl sites for hydroxylation is 1. The molecule has 0 spiro atoms. The van der Waals surface area contributed by atoms with Crippen molar-refractivity contribution in [2.75, 3.05) is 11.4 Å². The SMILES string of the molecule is Cc1cccc(N2CC(N)CC2=O)c1[N+](=O)[O-]. The first-order valence-corrected chi connectivity index (χ1v) is 5.30. The van der Waals surface area contributed by atoms with E-state index in [9.17, 15) is 14.9 Å². The first-order valence-electron chi connectivity index (χ1n) is 5.30. The summed E-state index contributed by atoms with van der Waals surface area (Å²) < 4.78 is 0. The molecule has 0 aliphatic carbocycles. The van der Waals surface area contributed by atoms with Gasteiger partial charge in [0.15, 0.2) is 0 Å². The maximum Gasteiger partial charge on any atom is 0.295 e. The first-order chi connectivity index (χ1) is 8.00. The molecule has 1 unspecified atom stereocenters. The topological polar surface area (TPSA) is 89.5 Å². The molecule has 1 aliphatic heterocycles. The van der Waals surface area contributed by atoms with Crippen LogP contribution in [0.4, 0.5) is 11.4 Å². The number of hydrogen-bond donors (Lipinski definition) is 1. The van der Waals surface area contributed by atoms with E-state index in [1.54, 1.807) is 25.1 Å². The predicted molar refractivity (Wildman–Crippen MR) is 62.8 cm³/mol. The molecule has 6 nitrogen and oxygen atoms in total. The molecule has 1 heterocycles. The zero-order valence-corrected chi connectivity index (χ0v) is 9.42. The van der Waals surface area contributed by atoms with Crippen molar-refractivity contribution in [2.24, 2.45) is 5.73 Å². The maximum absolute atomic E-state index is 11.7. The van der Waals surface area contributed by atoms with Crippen LogP contribution >= 0.6 is 0 Å². The van der Waals surface area contributed by atoms with E-state index in [-0.39, 0.29) is 24.1 Å². The van der Waals surface area contributed by atoms with E-state index in [1.807, 2.05) is 0 Å². The van der Waals surface area contributed by atoms with Crippen LogP contribution in [0.5, 0.6) is 0 Å². The molecular formula is C11H13N3O3. The molecule has 0 saturated carbocycles. The second-order valence-electron chi connectivity index (χ2n) is 4.17. The minimum atomic E-state index is -0.457.